The first-order valence-electron chi connectivity index (χ1n) is 6.71. The lowest BCUT2D eigenvalue weighted by molar-refractivity contribution is -0.125. The Balaban J connectivity index is 2.02. The molecule has 1 fully saturated rings. The monoisotopic (exact) mass is 262 g/mol. The first-order valence-corrected chi connectivity index (χ1v) is 6.71. The van der Waals surface area contributed by atoms with E-state index >= 15 is 0 Å². The van der Waals surface area contributed by atoms with E-state index in [9.17, 15) is 4.79 Å². The molecule has 0 unspecified atom stereocenters. The average Bonchev–Trinajstić information content (AvgIpc) is 2.61. The van der Waals surface area contributed by atoms with Crippen molar-refractivity contribution in [2.45, 2.75) is 6.54 Å². The number of nitrogens with one attached hydrogen (secondary N) is 1. The van der Waals surface area contributed by atoms with Crippen LogP contribution >= 0.6 is 0 Å². The number of pyridine rings is 1. The molecular formula is C14H22N4O. The van der Waals surface area contributed by atoms with Crippen molar-refractivity contribution in [1.29, 1.82) is 0 Å². The fraction of sp³-hybridized carbons (Fsp3) is 0.571. The zero-order valence-electron chi connectivity index (χ0n) is 11.7. The number of aromatic nitrogens is 1. The molecule has 0 aliphatic carbocycles. The van der Waals surface area contributed by atoms with Crippen molar-refractivity contribution in [3.63, 3.8) is 0 Å². The van der Waals surface area contributed by atoms with Crippen molar-refractivity contribution >= 4 is 5.91 Å². The van der Waals surface area contributed by atoms with E-state index in [0.717, 1.165) is 38.4 Å². The number of nitrogens with zero attached hydrogens (tertiary/aromatic N) is 3. The van der Waals surface area contributed by atoms with Crippen LogP contribution in [-0.4, -0.2) is 61.0 Å². The Hall–Kier alpha value is -1.46. The number of hydrogen-bond acceptors (Lipinski definition) is 4. The summed E-state index contributed by atoms with van der Waals surface area (Å²) in [4.78, 5) is 20.8. The van der Waals surface area contributed by atoms with Crippen LogP contribution in [-0.2, 0) is 11.3 Å². The molecule has 1 atom stereocenters. The number of amides is 1. The highest BCUT2D eigenvalue weighted by Crippen LogP contribution is 2.11. The summed E-state index contributed by atoms with van der Waals surface area (Å²) in [5, 5.41) is 2.76. The van der Waals surface area contributed by atoms with E-state index in [1.807, 2.05) is 24.4 Å². The van der Waals surface area contributed by atoms with Crippen LogP contribution in [0.2, 0.25) is 0 Å². The van der Waals surface area contributed by atoms with Gasteiger partial charge in [0, 0.05) is 46.0 Å². The molecule has 1 aliphatic rings. The van der Waals surface area contributed by atoms with Crippen LogP contribution in [0.5, 0.6) is 0 Å². The van der Waals surface area contributed by atoms with Crippen molar-refractivity contribution in [2.24, 2.45) is 5.92 Å². The number of rotatable bonds is 3. The third kappa shape index (κ3) is 4.01. The molecule has 5 nitrogen and oxygen atoms in total. The van der Waals surface area contributed by atoms with E-state index in [1.54, 1.807) is 7.05 Å². The van der Waals surface area contributed by atoms with Gasteiger partial charge >= 0.3 is 0 Å². The highest BCUT2D eigenvalue weighted by molar-refractivity contribution is 5.78. The van der Waals surface area contributed by atoms with Gasteiger partial charge in [0.2, 0.25) is 5.91 Å². The number of hydrogen-bond donors (Lipinski definition) is 1. The Bertz CT molecular complexity index is 409. The highest BCUT2D eigenvalue weighted by Gasteiger charge is 2.25. The quantitative estimate of drug-likeness (QED) is 0.845. The van der Waals surface area contributed by atoms with Crippen LogP contribution in [0.15, 0.2) is 24.4 Å². The molecule has 0 radical (unpaired) electrons. The van der Waals surface area contributed by atoms with Crippen molar-refractivity contribution in [3.05, 3.63) is 30.1 Å². The lowest BCUT2D eigenvalue weighted by atomic mass is 10.1. The molecule has 1 aliphatic heterocycles. The minimum Gasteiger partial charge on any atom is -0.359 e. The Kier molecular flexibility index (Phi) is 4.87. The van der Waals surface area contributed by atoms with Crippen LogP contribution in [0.1, 0.15) is 5.69 Å². The van der Waals surface area contributed by atoms with E-state index in [4.69, 9.17) is 0 Å². The van der Waals surface area contributed by atoms with Crippen LogP contribution in [0, 0.1) is 5.92 Å². The van der Waals surface area contributed by atoms with Crippen molar-refractivity contribution in [2.75, 3.05) is 40.3 Å². The molecule has 1 aromatic rings. The zero-order valence-corrected chi connectivity index (χ0v) is 11.7. The maximum atomic E-state index is 11.9. The molecule has 5 heteroatoms. The molecule has 2 rings (SSSR count). The third-order valence-electron chi connectivity index (χ3n) is 3.54. The standard InChI is InChI=1S/C14H22N4O/c1-15-14(19)12-9-17(2)7-8-18(10-12)11-13-5-3-4-6-16-13/h3-6,12H,7-11H2,1-2H3,(H,15,19)/t12-/m1/s1. The van der Waals surface area contributed by atoms with Crippen molar-refractivity contribution in [3.8, 4) is 0 Å². The summed E-state index contributed by atoms with van der Waals surface area (Å²) in [5.74, 6) is 0.154. The van der Waals surface area contributed by atoms with Crippen LogP contribution in [0.3, 0.4) is 0 Å². The smallest absolute Gasteiger partial charge is 0.225 e. The van der Waals surface area contributed by atoms with Gasteiger partial charge in [-0.2, -0.15) is 0 Å². The van der Waals surface area contributed by atoms with Crippen LogP contribution in [0.4, 0.5) is 0 Å². The summed E-state index contributed by atoms with van der Waals surface area (Å²) in [6.45, 7) is 4.38. The van der Waals surface area contributed by atoms with E-state index in [1.165, 1.54) is 0 Å². The molecule has 0 bridgehead atoms. The predicted octanol–water partition coefficient (Wildman–Crippen LogP) is 0.191. The van der Waals surface area contributed by atoms with Gasteiger partial charge in [0.05, 0.1) is 11.6 Å². The SMILES string of the molecule is CNC(=O)[C@@H]1CN(C)CCN(Cc2ccccn2)C1. The maximum Gasteiger partial charge on any atom is 0.225 e. The Labute approximate surface area is 114 Å². The molecule has 104 valence electrons. The molecule has 19 heavy (non-hydrogen) atoms. The lowest BCUT2D eigenvalue weighted by Gasteiger charge is -2.22. The minimum atomic E-state index is 0.0289. The van der Waals surface area contributed by atoms with Crippen LogP contribution in [0.25, 0.3) is 0 Å². The summed E-state index contributed by atoms with van der Waals surface area (Å²) in [6, 6.07) is 5.96. The first kappa shape index (κ1) is 14.0. The largest absolute Gasteiger partial charge is 0.359 e. The second-order valence-electron chi connectivity index (χ2n) is 5.13. The second kappa shape index (κ2) is 6.63. The number of carbonyl (C=O) groups excluding carboxylic acids is 1. The third-order valence-corrected chi connectivity index (χ3v) is 3.54. The fourth-order valence-electron chi connectivity index (χ4n) is 2.47. The summed E-state index contributed by atoms with van der Waals surface area (Å²) in [5.41, 5.74) is 1.06. The normalized spacial score (nSPS) is 21.9. The van der Waals surface area contributed by atoms with Gasteiger partial charge in [0.1, 0.15) is 0 Å². The molecule has 0 saturated carbocycles. The summed E-state index contributed by atoms with van der Waals surface area (Å²) in [6.07, 6.45) is 1.81. The number of likely N-dealkylation sites (N-methyl/N-ethyl adjacent to an activating group) is 1. The van der Waals surface area contributed by atoms with Gasteiger partial charge in [-0.1, -0.05) is 6.07 Å². The Morgan fingerprint density at radius 1 is 1.42 bits per heavy atom. The van der Waals surface area contributed by atoms with Gasteiger partial charge in [-0.15, -0.1) is 0 Å². The molecule has 0 spiro atoms. The van der Waals surface area contributed by atoms with E-state index in [-0.39, 0.29) is 11.8 Å². The van der Waals surface area contributed by atoms with Gasteiger partial charge in [0.25, 0.3) is 0 Å². The summed E-state index contributed by atoms with van der Waals surface area (Å²) < 4.78 is 0. The minimum absolute atomic E-state index is 0.0289. The van der Waals surface area contributed by atoms with E-state index in [0.29, 0.717) is 0 Å². The molecule has 1 aromatic heterocycles. The van der Waals surface area contributed by atoms with Gasteiger partial charge in [0.15, 0.2) is 0 Å². The predicted molar refractivity (Wildman–Crippen MR) is 74.6 cm³/mol. The summed E-state index contributed by atoms with van der Waals surface area (Å²) >= 11 is 0. The van der Waals surface area contributed by atoms with Gasteiger partial charge in [-0.25, -0.2) is 0 Å². The average molecular weight is 262 g/mol. The molecule has 2 heterocycles. The molecular weight excluding hydrogens is 240 g/mol. The number of carbonyl (C=O) groups is 1. The van der Waals surface area contributed by atoms with Crippen LogP contribution < -0.4 is 5.32 Å². The van der Waals surface area contributed by atoms with Crippen molar-refractivity contribution < 1.29 is 4.79 Å². The highest BCUT2D eigenvalue weighted by atomic mass is 16.1. The zero-order chi connectivity index (χ0) is 13.7. The second-order valence-corrected chi connectivity index (χ2v) is 5.13. The molecule has 0 aromatic carbocycles. The molecule has 1 N–H and O–H groups in total. The van der Waals surface area contributed by atoms with Gasteiger partial charge in [-0.3, -0.25) is 14.7 Å². The molecule has 1 amide bonds. The lowest BCUT2D eigenvalue weighted by Crippen LogP contribution is -2.39. The van der Waals surface area contributed by atoms with E-state index in [2.05, 4.69) is 27.1 Å². The Morgan fingerprint density at radius 3 is 2.95 bits per heavy atom. The van der Waals surface area contributed by atoms with Crippen molar-refractivity contribution in [1.82, 2.24) is 20.1 Å². The van der Waals surface area contributed by atoms with Gasteiger partial charge < -0.3 is 10.2 Å². The van der Waals surface area contributed by atoms with E-state index < -0.39 is 0 Å². The van der Waals surface area contributed by atoms with Gasteiger partial charge in [-0.05, 0) is 19.2 Å². The molecule has 1 saturated heterocycles. The maximum absolute atomic E-state index is 11.9. The topological polar surface area (TPSA) is 48.5 Å². The first-order chi connectivity index (χ1) is 9.19. The Morgan fingerprint density at radius 2 is 2.26 bits per heavy atom. The summed E-state index contributed by atoms with van der Waals surface area (Å²) in [7, 11) is 3.77. The fourth-order valence-corrected chi connectivity index (χ4v) is 2.47.